The van der Waals surface area contributed by atoms with Gasteiger partial charge in [0.1, 0.15) is 0 Å². The monoisotopic (exact) mass is 266 g/mol. The lowest BCUT2D eigenvalue weighted by Crippen LogP contribution is -2.53. The summed E-state index contributed by atoms with van der Waals surface area (Å²) in [5.41, 5.74) is 0. The largest absolute Gasteiger partial charge is 0.352 e. The molecule has 2 aliphatic rings. The van der Waals surface area contributed by atoms with Crippen LogP contribution in [0.1, 0.15) is 71.6 Å². The van der Waals surface area contributed by atoms with Gasteiger partial charge in [-0.1, -0.05) is 26.2 Å². The molecule has 2 N–H and O–H groups in total. The van der Waals surface area contributed by atoms with Gasteiger partial charge in [0.15, 0.2) is 0 Å². The van der Waals surface area contributed by atoms with Gasteiger partial charge in [-0.05, 0) is 51.4 Å². The van der Waals surface area contributed by atoms with Crippen molar-refractivity contribution in [2.75, 3.05) is 0 Å². The topological polar surface area (TPSA) is 41.1 Å². The number of hydrogen-bond donors (Lipinski definition) is 2. The van der Waals surface area contributed by atoms with Crippen LogP contribution < -0.4 is 10.6 Å². The Kier molecular flexibility index (Phi) is 5.68. The molecular weight excluding hydrogens is 236 g/mol. The molecule has 1 aliphatic heterocycles. The van der Waals surface area contributed by atoms with E-state index in [4.69, 9.17) is 0 Å². The molecule has 3 atom stereocenters. The van der Waals surface area contributed by atoms with Crippen molar-refractivity contribution in [3.05, 3.63) is 0 Å². The minimum absolute atomic E-state index is 0.0430. The van der Waals surface area contributed by atoms with Crippen LogP contribution in [0.25, 0.3) is 0 Å². The van der Waals surface area contributed by atoms with Crippen LogP contribution in [-0.4, -0.2) is 24.0 Å². The van der Waals surface area contributed by atoms with E-state index < -0.39 is 0 Å². The van der Waals surface area contributed by atoms with Gasteiger partial charge in [-0.2, -0.15) is 0 Å². The highest BCUT2D eigenvalue weighted by atomic mass is 16.2. The molecule has 1 heterocycles. The van der Waals surface area contributed by atoms with Crippen LogP contribution in [0.2, 0.25) is 0 Å². The third-order valence-corrected chi connectivity index (χ3v) is 4.92. The Labute approximate surface area is 117 Å². The van der Waals surface area contributed by atoms with E-state index >= 15 is 0 Å². The van der Waals surface area contributed by atoms with Gasteiger partial charge in [-0.15, -0.1) is 0 Å². The van der Waals surface area contributed by atoms with E-state index in [2.05, 4.69) is 24.5 Å². The molecule has 3 nitrogen and oxygen atoms in total. The molecule has 3 unspecified atom stereocenters. The first-order chi connectivity index (χ1) is 9.20. The zero-order chi connectivity index (χ0) is 13.7. The Morgan fingerprint density at radius 2 is 1.89 bits per heavy atom. The van der Waals surface area contributed by atoms with Crippen molar-refractivity contribution in [3.8, 4) is 0 Å². The van der Waals surface area contributed by atoms with Crippen LogP contribution in [0, 0.1) is 5.92 Å². The fraction of sp³-hybridized carbons (Fsp3) is 0.938. The van der Waals surface area contributed by atoms with Gasteiger partial charge in [0.05, 0.1) is 6.04 Å². The highest BCUT2D eigenvalue weighted by Gasteiger charge is 2.28. The van der Waals surface area contributed by atoms with E-state index in [1.54, 1.807) is 0 Å². The van der Waals surface area contributed by atoms with Gasteiger partial charge in [0, 0.05) is 12.1 Å². The average molecular weight is 266 g/mol. The van der Waals surface area contributed by atoms with E-state index in [1.807, 2.05) is 0 Å². The minimum Gasteiger partial charge on any atom is -0.352 e. The summed E-state index contributed by atoms with van der Waals surface area (Å²) in [6.45, 7) is 4.38. The summed E-state index contributed by atoms with van der Waals surface area (Å²) < 4.78 is 0. The van der Waals surface area contributed by atoms with Gasteiger partial charge in [-0.25, -0.2) is 0 Å². The van der Waals surface area contributed by atoms with Gasteiger partial charge < -0.3 is 10.6 Å². The summed E-state index contributed by atoms with van der Waals surface area (Å²) in [5, 5.41) is 6.76. The Morgan fingerprint density at radius 3 is 2.53 bits per heavy atom. The van der Waals surface area contributed by atoms with Crippen LogP contribution in [0.3, 0.4) is 0 Å². The third-order valence-electron chi connectivity index (χ3n) is 4.92. The van der Waals surface area contributed by atoms with E-state index in [-0.39, 0.29) is 11.9 Å². The molecule has 0 aromatic carbocycles. The Morgan fingerprint density at radius 1 is 1.16 bits per heavy atom. The van der Waals surface area contributed by atoms with E-state index in [1.165, 1.54) is 44.9 Å². The van der Waals surface area contributed by atoms with Crippen LogP contribution in [-0.2, 0) is 4.79 Å². The maximum atomic E-state index is 12.4. The van der Waals surface area contributed by atoms with Crippen molar-refractivity contribution in [1.82, 2.24) is 10.6 Å². The lowest BCUT2D eigenvalue weighted by Gasteiger charge is -2.33. The molecule has 1 aliphatic carbocycles. The number of hydrogen-bond acceptors (Lipinski definition) is 2. The minimum atomic E-state index is 0.0430. The molecule has 1 saturated heterocycles. The molecule has 1 saturated carbocycles. The molecule has 0 bridgehead atoms. The van der Waals surface area contributed by atoms with E-state index in [0.717, 1.165) is 12.8 Å². The predicted molar refractivity (Wildman–Crippen MR) is 79.0 cm³/mol. The summed E-state index contributed by atoms with van der Waals surface area (Å²) >= 11 is 0. The second-order valence-electron chi connectivity index (χ2n) is 6.47. The molecule has 19 heavy (non-hydrogen) atoms. The number of carbonyl (C=O) groups excluding carboxylic acids is 1. The fourth-order valence-electron chi connectivity index (χ4n) is 3.72. The maximum Gasteiger partial charge on any atom is 0.237 e. The molecule has 0 aromatic heterocycles. The van der Waals surface area contributed by atoms with Crippen molar-refractivity contribution in [3.63, 3.8) is 0 Å². The second-order valence-corrected chi connectivity index (χ2v) is 6.47. The van der Waals surface area contributed by atoms with Crippen molar-refractivity contribution in [2.45, 2.75) is 89.8 Å². The molecule has 2 fully saturated rings. The Balaban J connectivity index is 1.84. The molecular formula is C16H30N2O. The number of rotatable bonds is 4. The lowest BCUT2D eigenvalue weighted by atomic mass is 9.82. The first-order valence-corrected chi connectivity index (χ1v) is 8.27. The highest BCUT2D eigenvalue weighted by molar-refractivity contribution is 5.82. The number of carbonyl (C=O) groups is 1. The average Bonchev–Trinajstić information content (AvgIpc) is 2.45. The molecule has 0 aromatic rings. The molecule has 0 radical (unpaired) electrons. The summed E-state index contributed by atoms with van der Waals surface area (Å²) in [4.78, 5) is 12.4. The number of amides is 1. The van der Waals surface area contributed by atoms with E-state index in [9.17, 15) is 4.79 Å². The zero-order valence-electron chi connectivity index (χ0n) is 12.6. The maximum absolute atomic E-state index is 12.4. The van der Waals surface area contributed by atoms with Crippen LogP contribution in [0.5, 0.6) is 0 Å². The standard InChI is InChI=1S/C16H30N2O/c1-3-14(13-9-5-4-6-10-13)18-16(19)15-11-7-8-12(2)17-15/h12-15,17H,3-11H2,1-2H3,(H,18,19). The van der Waals surface area contributed by atoms with Crippen LogP contribution in [0.4, 0.5) is 0 Å². The fourth-order valence-corrected chi connectivity index (χ4v) is 3.72. The van der Waals surface area contributed by atoms with Crippen LogP contribution >= 0.6 is 0 Å². The number of nitrogens with one attached hydrogen (secondary N) is 2. The van der Waals surface area contributed by atoms with Crippen molar-refractivity contribution in [2.24, 2.45) is 5.92 Å². The Bertz CT molecular complexity index is 286. The van der Waals surface area contributed by atoms with Gasteiger partial charge >= 0.3 is 0 Å². The summed E-state index contributed by atoms with van der Waals surface area (Å²) in [5.74, 6) is 0.952. The summed E-state index contributed by atoms with van der Waals surface area (Å²) in [6.07, 6.45) is 11.1. The van der Waals surface area contributed by atoms with Crippen molar-refractivity contribution in [1.29, 1.82) is 0 Å². The zero-order valence-corrected chi connectivity index (χ0v) is 12.6. The predicted octanol–water partition coefficient (Wildman–Crippen LogP) is 2.99. The molecule has 2 rings (SSSR count). The van der Waals surface area contributed by atoms with E-state index in [0.29, 0.717) is 18.0 Å². The smallest absolute Gasteiger partial charge is 0.237 e. The quantitative estimate of drug-likeness (QED) is 0.821. The van der Waals surface area contributed by atoms with Gasteiger partial charge in [0.2, 0.25) is 5.91 Å². The SMILES string of the molecule is CCC(NC(=O)C1CCCC(C)N1)C1CCCCC1. The second kappa shape index (κ2) is 7.28. The molecule has 0 spiro atoms. The first kappa shape index (κ1) is 14.8. The van der Waals surface area contributed by atoms with Crippen molar-refractivity contribution < 1.29 is 4.79 Å². The van der Waals surface area contributed by atoms with Gasteiger partial charge in [0.25, 0.3) is 0 Å². The molecule has 110 valence electrons. The van der Waals surface area contributed by atoms with Crippen molar-refractivity contribution >= 4 is 5.91 Å². The summed E-state index contributed by atoms with van der Waals surface area (Å²) in [6, 6.07) is 0.924. The third kappa shape index (κ3) is 4.20. The number of piperidine rings is 1. The van der Waals surface area contributed by atoms with Crippen LogP contribution in [0.15, 0.2) is 0 Å². The Hall–Kier alpha value is -0.570. The molecule has 1 amide bonds. The first-order valence-electron chi connectivity index (χ1n) is 8.27. The lowest BCUT2D eigenvalue weighted by molar-refractivity contribution is -0.125. The summed E-state index contributed by atoms with van der Waals surface area (Å²) in [7, 11) is 0. The normalized spacial score (nSPS) is 30.8. The molecule has 3 heteroatoms. The highest BCUT2D eigenvalue weighted by Crippen LogP contribution is 2.28. The van der Waals surface area contributed by atoms with Gasteiger partial charge in [-0.3, -0.25) is 4.79 Å².